The summed E-state index contributed by atoms with van der Waals surface area (Å²) in [7, 11) is 1.91. The van der Waals surface area contributed by atoms with Crippen LogP contribution in [0.4, 0.5) is 0 Å². The van der Waals surface area contributed by atoms with Gasteiger partial charge in [0.1, 0.15) is 0 Å². The molecule has 16 heavy (non-hydrogen) atoms. The third kappa shape index (κ3) is 1.32. The number of carbonyl (C=O) groups is 1. The summed E-state index contributed by atoms with van der Waals surface area (Å²) in [4.78, 5) is 11.3. The van der Waals surface area contributed by atoms with E-state index >= 15 is 0 Å². The Bertz CT molecular complexity index is 594. The smallest absolute Gasteiger partial charge is 0.338 e. The predicted molar refractivity (Wildman–Crippen MR) is 64.1 cm³/mol. The SMILES string of the molecule is Cc1cc(C)c2c(C(=O)O)c(C)n(C)c2c1. The van der Waals surface area contributed by atoms with Crippen LogP contribution in [-0.4, -0.2) is 15.6 Å². The number of aryl methyl sites for hydroxylation is 3. The molecular formula is C13H15NO2. The van der Waals surface area contributed by atoms with Crippen molar-refractivity contribution in [1.29, 1.82) is 0 Å². The quantitative estimate of drug-likeness (QED) is 0.798. The molecule has 2 rings (SSSR count). The molecule has 0 saturated carbocycles. The molecule has 0 aliphatic heterocycles. The van der Waals surface area contributed by atoms with Gasteiger partial charge in [-0.05, 0) is 38.0 Å². The zero-order valence-corrected chi connectivity index (χ0v) is 9.96. The Balaban J connectivity index is 3.02. The zero-order chi connectivity index (χ0) is 12.0. The molecule has 0 bridgehead atoms. The van der Waals surface area contributed by atoms with Gasteiger partial charge in [0.25, 0.3) is 0 Å². The van der Waals surface area contributed by atoms with Gasteiger partial charge < -0.3 is 9.67 Å². The average Bonchev–Trinajstić information content (AvgIpc) is 2.42. The summed E-state index contributed by atoms with van der Waals surface area (Å²) in [5.41, 5.74) is 4.40. The highest BCUT2D eigenvalue weighted by Gasteiger charge is 2.19. The number of hydrogen-bond acceptors (Lipinski definition) is 1. The second-order valence-corrected chi connectivity index (χ2v) is 4.30. The number of rotatable bonds is 1. The molecule has 0 aliphatic carbocycles. The van der Waals surface area contributed by atoms with E-state index in [0.29, 0.717) is 5.56 Å². The van der Waals surface area contributed by atoms with E-state index in [9.17, 15) is 9.90 Å². The molecule has 1 N–H and O–H groups in total. The Morgan fingerprint density at radius 3 is 2.44 bits per heavy atom. The third-order valence-corrected chi connectivity index (χ3v) is 3.15. The van der Waals surface area contributed by atoms with Gasteiger partial charge in [-0.2, -0.15) is 0 Å². The van der Waals surface area contributed by atoms with Crippen molar-refractivity contribution in [1.82, 2.24) is 4.57 Å². The Labute approximate surface area is 94.3 Å². The molecule has 0 radical (unpaired) electrons. The number of carboxylic acid groups (broad SMARTS) is 1. The summed E-state index contributed by atoms with van der Waals surface area (Å²) in [6, 6.07) is 4.05. The normalized spacial score (nSPS) is 11.0. The number of hydrogen-bond donors (Lipinski definition) is 1. The second-order valence-electron chi connectivity index (χ2n) is 4.30. The van der Waals surface area contributed by atoms with Crippen LogP contribution in [0.1, 0.15) is 27.2 Å². The summed E-state index contributed by atoms with van der Waals surface area (Å²) in [6.45, 7) is 5.83. The van der Waals surface area contributed by atoms with Crippen molar-refractivity contribution in [2.75, 3.05) is 0 Å². The van der Waals surface area contributed by atoms with Crippen LogP contribution in [0.2, 0.25) is 0 Å². The van der Waals surface area contributed by atoms with Gasteiger partial charge in [0.05, 0.1) is 5.56 Å². The van der Waals surface area contributed by atoms with Crippen LogP contribution in [-0.2, 0) is 7.05 Å². The Morgan fingerprint density at radius 1 is 1.25 bits per heavy atom. The molecule has 0 unspecified atom stereocenters. The Kier molecular flexibility index (Phi) is 2.26. The molecule has 1 heterocycles. The third-order valence-electron chi connectivity index (χ3n) is 3.15. The molecule has 2 aromatic rings. The molecule has 1 aromatic carbocycles. The van der Waals surface area contributed by atoms with Gasteiger partial charge in [-0.3, -0.25) is 0 Å². The molecule has 0 amide bonds. The molecule has 3 heteroatoms. The molecule has 84 valence electrons. The van der Waals surface area contributed by atoms with E-state index in [0.717, 1.165) is 27.7 Å². The average molecular weight is 217 g/mol. The predicted octanol–water partition coefficient (Wildman–Crippen LogP) is 2.80. The maximum absolute atomic E-state index is 11.3. The van der Waals surface area contributed by atoms with Crippen molar-refractivity contribution in [3.05, 3.63) is 34.5 Å². The molecular weight excluding hydrogens is 202 g/mol. The number of carboxylic acids is 1. The zero-order valence-electron chi connectivity index (χ0n) is 9.96. The van der Waals surface area contributed by atoms with Crippen molar-refractivity contribution in [2.24, 2.45) is 7.05 Å². The standard InChI is InChI=1S/C13H15NO2/c1-7-5-8(2)11-10(6-7)14(4)9(3)12(11)13(15)16/h5-6H,1-4H3,(H,15,16). The molecule has 3 nitrogen and oxygen atoms in total. The minimum atomic E-state index is -0.852. The first-order chi connectivity index (χ1) is 7.43. The first kappa shape index (κ1) is 10.7. The number of benzene rings is 1. The second kappa shape index (κ2) is 3.37. The summed E-state index contributed by atoms with van der Waals surface area (Å²) >= 11 is 0. The minimum absolute atomic E-state index is 0.426. The van der Waals surface area contributed by atoms with Crippen LogP contribution in [0.15, 0.2) is 12.1 Å². The van der Waals surface area contributed by atoms with Gasteiger partial charge >= 0.3 is 5.97 Å². The van der Waals surface area contributed by atoms with Gasteiger partial charge in [-0.1, -0.05) is 6.07 Å². The maximum Gasteiger partial charge on any atom is 0.338 e. The van der Waals surface area contributed by atoms with Crippen LogP contribution in [0.3, 0.4) is 0 Å². The number of fused-ring (bicyclic) bond motifs is 1. The van der Waals surface area contributed by atoms with Crippen molar-refractivity contribution in [3.8, 4) is 0 Å². The molecule has 0 fully saturated rings. The largest absolute Gasteiger partial charge is 0.478 e. The summed E-state index contributed by atoms with van der Waals surface area (Å²) in [5.74, 6) is -0.852. The lowest BCUT2D eigenvalue weighted by Gasteiger charge is -2.02. The lowest BCUT2D eigenvalue weighted by atomic mass is 10.0. The fourth-order valence-electron chi connectivity index (χ4n) is 2.33. The van der Waals surface area contributed by atoms with Gasteiger partial charge in [-0.25, -0.2) is 4.79 Å². The number of nitrogens with zero attached hydrogens (tertiary/aromatic N) is 1. The van der Waals surface area contributed by atoms with Gasteiger partial charge in [0.15, 0.2) is 0 Å². The van der Waals surface area contributed by atoms with Gasteiger partial charge in [0, 0.05) is 23.6 Å². The molecule has 0 aliphatic rings. The highest BCUT2D eigenvalue weighted by Crippen LogP contribution is 2.28. The van der Waals surface area contributed by atoms with Crippen molar-refractivity contribution in [2.45, 2.75) is 20.8 Å². The van der Waals surface area contributed by atoms with E-state index in [2.05, 4.69) is 0 Å². The van der Waals surface area contributed by atoms with Crippen LogP contribution in [0.5, 0.6) is 0 Å². The van der Waals surface area contributed by atoms with Crippen LogP contribution >= 0.6 is 0 Å². The van der Waals surface area contributed by atoms with E-state index in [1.54, 1.807) is 0 Å². The van der Waals surface area contributed by atoms with E-state index in [1.807, 2.05) is 44.5 Å². The molecule has 0 atom stereocenters. The lowest BCUT2D eigenvalue weighted by Crippen LogP contribution is -1.99. The first-order valence-corrected chi connectivity index (χ1v) is 5.23. The Morgan fingerprint density at radius 2 is 1.88 bits per heavy atom. The fraction of sp³-hybridized carbons (Fsp3) is 0.308. The number of aromatic carboxylic acids is 1. The minimum Gasteiger partial charge on any atom is -0.478 e. The molecule has 0 spiro atoms. The summed E-state index contributed by atoms with van der Waals surface area (Å²) in [5, 5.41) is 10.1. The van der Waals surface area contributed by atoms with Crippen molar-refractivity contribution < 1.29 is 9.90 Å². The van der Waals surface area contributed by atoms with Crippen molar-refractivity contribution in [3.63, 3.8) is 0 Å². The van der Waals surface area contributed by atoms with Crippen LogP contribution in [0, 0.1) is 20.8 Å². The molecule has 0 saturated heterocycles. The topological polar surface area (TPSA) is 42.2 Å². The van der Waals surface area contributed by atoms with E-state index in [1.165, 1.54) is 0 Å². The lowest BCUT2D eigenvalue weighted by molar-refractivity contribution is 0.0698. The van der Waals surface area contributed by atoms with Crippen LogP contribution in [0.25, 0.3) is 10.9 Å². The highest BCUT2D eigenvalue weighted by molar-refractivity contribution is 6.06. The molecule has 1 aromatic heterocycles. The Hall–Kier alpha value is -1.77. The van der Waals surface area contributed by atoms with Gasteiger partial charge in [0.2, 0.25) is 0 Å². The maximum atomic E-state index is 11.3. The highest BCUT2D eigenvalue weighted by atomic mass is 16.4. The first-order valence-electron chi connectivity index (χ1n) is 5.23. The van der Waals surface area contributed by atoms with Crippen molar-refractivity contribution >= 4 is 16.9 Å². The van der Waals surface area contributed by atoms with E-state index in [-0.39, 0.29) is 0 Å². The fourth-order valence-corrected chi connectivity index (χ4v) is 2.33. The monoisotopic (exact) mass is 217 g/mol. The van der Waals surface area contributed by atoms with E-state index in [4.69, 9.17) is 0 Å². The van der Waals surface area contributed by atoms with E-state index < -0.39 is 5.97 Å². The van der Waals surface area contributed by atoms with Crippen LogP contribution < -0.4 is 0 Å². The van der Waals surface area contributed by atoms with Gasteiger partial charge in [-0.15, -0.1) is 0 Å². The summed E-state index contributed by atoms with van der Waals surface area (Å²) < 4.78 is 1.94. The number of aromatic nitrogens is 1. The summed E-state index contributed by atoms with van der Waals surface area (Å²) in [6.07, 6.45) is 0.